The number of nitrogens with two attached hydrogens (primary N) is 1. The Hall–Kier alpha value is -1.14. The zero-order valence-corrected chi connectivity index (χ0v) is 12.6. The van der Waals surface area contributed by atoms with Crippen molar-refractivity contribution in [1.29, 1.82) is 0 Å². The molecule has 2 heterocycles. The van der Waals surface area contributed by atoms with E-state index in [1.165, 1.54) is 0 Å². The van der Waals surface area contributed by atoms with Crippen LogP contribution in [0.5, 0.6) is 0 Å². The van der Waals surface area contributed by atoms with Gasteiger partial charge in [-0.15, -0.1) is 0 Å². The lowest BCUT2D eigenvalue weighted by Gasteiger charge is -2.29. The summed E-state index contributed by atoms with van der Waals surface area (Å²) >= 11 is 5.12. The van der Waals surface area contributed by atoms with Crippen molar-refractivity contribution in [1.82, 2.24) is 9.78 Å². The molecule has 3 N–H and O–H groups in total. The van der Waals surface area contributed by atoms with E-state index in [-0.39, 0.29) is 0 Å². The zero-order valence-electron chi connectivity index (χ0n) is 11.8. The van der Waals surface area contributed by atoms with Crippen molar-refractivity contribution >= 4 is 23.0 Å². The van der Waals surface area contributed by atoms with Gasteiger partial charge in [0.25, 0.3) is 0 Å². The monoisotopic (exact) mass is 282 g/mol. The molecular formula is C13H22N4OS. The van der Waals surface area contributed by atoms with Gasteiger partial charge in [0.2, 0.25) is 0 Å². The average Bonchev–Trinajstić information content (AvgIpc) is 2.65. The van der Waals surface area contributed by atoms with Crippen LogP contribution < -0.4 is 11.1 Å². The fourth-order valence-electron chi connectivity index (χ4n) is 2.67. The number of ether oxygens (including phenoxy) is 1. The molecule has 0 radical (unpaired) electrons. The summed E-state index contributed by atoms with van der Waals surface area (Å²) in [6.45, 7) is 5.83. The molecule has 2 rings (SSSR count). The molecule has 1 atom stereocenters. The van der Waals surface area contributed by atoms with Crippen molar-refractivity contribution in [3.63, 3.8) is 0 Å². The van der Waals surface area contributed by atoms with Crippen LogP contribution in [0.2, 0.25) is 0 Å². The lowest BCUT2D eigenvalue weighted by Crippen LogP contribution is -2.32. The fraction of sp³-hybridized carbons (Fsp3) is 0.692. The fourth-order valence-corrected chi connectivity index (χ4v) is 2.91. The molecule has 1 fully saturated rings. The number of thiocarbonyl (C=S) groups is 1. The number of nitrogens with zero attached hydrogens (tertiary/aromatic N) is 2. The van der Waals surface area contributed by atoms with Crippen molar-refractivity contribution < 1.29 is 4.74 Å². The highest BCUT2D eigenvalue weighted by atomic mass is 32.1. The number of rotatable bonds is 4. The van der Waals surface area contributed by atoms with Crippen LogP contribution in [0.25, 0.3) is 0 Å². The summed E-state index contributed by atoms with van der Waals surface area (Å²) in [7, 11) is 1.91. The van der Waals surface area contributed by atoms with Crippen LogP contribution in [-0.4, -0.2) is 34.0 Å². The Morgan fingerprint density at radius 1 is 1.53 bits per heavy atom. The Kier molecular flexibility index (Phi) is 4.42. The lowest BCUT2D eigenvalue weighted by atomic mass is 9.93. The van der Waals surface area contributed by atoms with Crippen molar-refractivity contribution in [2.24, 2.45) is 18.7 Å². The van der Waals surface area contributed by atoms with Crippen LogP contribution in [0.3, 0.4) is 0 Å². The van der Waals surface area contributed by atoms with Gasteiger partial charge in [-0.3, -0.25) is 4.68 Å². The van der Waals surface area contributed by atoms with Gasteiger partial charge in [-0.1, -0.05) is 12.2 Å². The second-order valence-corrected chi connectivity index (χ2v) is 5.62. The maximum absolute atomic E-state index is 5.80. The molecule has 1 aliphatic heterocycles. The van der Waals surface area contributed by atoms with Gasteiger partial charge in [0.05, 0.1) is 11.3 Å². The molecule has 0 aliphatic carbocycles. The van der Waals surface area contributed by atoms with E-state index in [0.717, 1.165) is 43.1 Å². The van der Waals surface area contributed by atoms with Gasteiger partial charge in [0.1, 0.15) is 10.8 Å². The van der Waals surface area contributed by atoms with Crippen molar-refractivity contribution in [3.8, 4) is 0 Å². The Morgan fingerprint density at radius 3 is 2.74 bits per heavy atom. The van der Waals surface area contributed by atoms with Gasteiger partial charge in [-0.25, -0.2) is 0 Å². The van der Waals surface area contributed by atoms with Gasteiger partial charge < -0.3 is 15.8 Å². The van der Waals surface area contributed by atoms with Gasteiger partial charge in [0.15, 0.2) is 0 Å². The molecule has 0 spiro atoms. The number of hydrogen-bond acceptors (Lipinski definition) is 4. The van der Waals surface area contributed by atoms with E-state index >= 15 is 0 Å². The highest BCUT2D eigenvalue weighted by molar-refractivity contribution is 7.80. The third-order valence-electron chi connectivity index (χ3n) is 3.81. The Bertz CT molecular complexity index is 465. The third kappa shape index (κ3) is 3.06. The number of aryl methyl sites for hydroxylation is 2. The molecule has 1 aliphatic rings. The molecule has 0 saturated carbocycles. The summed E-state index contributed by atoms with van der Waals surface area (Å²) in [6, 6.07) is 0.354. The first kappa shape index (κ1) is 14.3. The highest BCUT2D eigenvalue weighted by Gasteiger charge is 2.23. The smallest absolute Gasteiger partial charge is 0.134 e. The average molecular weight is 282 g/mol. The minimum atomic E-state index is 0.354. The molecule has 1 aromatic heterocycles. The Labute approximate surface area is 119 Å². The minimum absolute atomic E-state index is 0.354. The third-order valence-corrected chi connectivity index (χ3v) is 4.01. The number of aromatic nitrogens is 2. The largest absolute Gasteiger partial charge is 0.389 e. The first-order valence-electron chi connectivity index (χ1n) is 6.68. The summed E-state index contributed by atoms with van der Waals surface area (Å²) in [5, 5.41) is 7.92. The Morgan fingerprint density at radius 2 is 2.16 bits per heavy atom. The first-order valence-corrected chi connectivity index (χ1v) is 7.09. The van der Waals surface area contributed by atoms with Gasteiger partial charge in [-0.2, -0.15) is 5.10 Å². The van der Waals surface area contributed by atoms with E-state index < -0.39 is 0 Å². The number of hydrogen-bond donors (Lipinski definition) is 2. The molecule has 1 saturated heterocycles. The van der Waals surface area contributed by atoms with Gasteiger partial charge in [-0.05, 0) is 32.6 Å². The molecule has 19 heavy (non-hydrogen) atoms. The summed E-state index contributed by atoms with van der Waals surface area (Å²) in [5.74, 6) is 1.53. The predicted octanol–water partition coefficient (Wildman–Crippen LogP) is 1.59. The Balaban J connectivity index is 2.15. The SMILES string of the molecule is Cc1nn(C)c(NC(C)C2CCOCC2)c1C(N)=S. The van der Waals surface area contributed by atoms with E-state index in [2.05, 4.69) is 17.3 Å². The van der Waals surface area contributed by atoms with E-state index in [1.807, 2.05) is 18.7 Å². The molecule has 1 unspecified atom stereocenters. The van der Waals surface area contributed by atoms with Crippen molar-refractivity contribution in [2.75, 3.05) is 18.5 Å². The van der Waals surface area contributed by atoms with E-state index in [9.17, 15) is 0 Å². The standard InChI is InChI=1S/C13H22N4OS/c1-8(10-4-6-18-7-5-10)15-13-11(12(14)19)9(2)16-17(13)3/h8,10,15H,4-7H2,1-3H3,(H2,14,19). The lowest BCUT2D eigenvalue weighted by molar-refractivity contribution is 0.0622. The van der Waals surface area contributed by atoms with Crippen molar-refractivity contribution in [2.45, 2.75) is 32.7 Å². The van der Waals surface area contributed by atoms with E-state index in [4.69, 9.17) is 22.7 Å². The molecule has 5 nitrogen and oxygen atoms in total. The molecule has 0 amide bonds. The van der Waals surface area contributed by atoms with Crippen molar-refractivity contribution in [3.05, 3.63) is 11.3 Å². The number of nitrogens with one attached hydrogen (secondary N) is 1. The summed E-state index contributed by atoms with van der Waals surface area (Å²) in [6.07, 6.45) is 2.18. The minimum Gasteiger partial charge on any atom is -0.389 e. The van der Waals surface area contributed by atoms with Crippen LogP contribution in [0, 0.1) is 12.8 Å². The van der Waals surface area contributed by atoms with Crippen LogP contribution in [0.15, 0.2) is 0 Å². The maximum atomic E-state index is 5.80. The second-order valence-electron chi connectivity index (χ2n) is 5.18. The first-order chi connectivity index (χ1) is 9.00. The summed E-state index contributed by atoms with van der Waals surface area (Å²) < 4.78 is 7.22. The van der Waals surface area contributed by atoms with Gasteiger partial charge in [0, 0.05) is 26.3 Å². The van der Waals surface area contributed by atoms with Crippen LogP contribution in [-0.2, 0) is 11.8 Å². The molecule has 0 aromatic carbocycles. The molecule has 1 aromatic rings. The van der Waals surface area contributed by atoms with Gasteiger partial charge >= 0.3 is 0 Å². The zero-order chi connectivity index (χ0) is 14.0. The topological polar surface area (TPSA) is 65.1 Å². The van der Waals surface area contributed by atoms with Crippen LogP contribution in [0.4, 0.5) is 5.82 Å². The predicted molar refractivity (Wildman–Crippen MR) is 80.5 cm³/mol. The van der Waals surface area contributed by atoms with E-state index in [1.54, 1.807) is 0 Å². The molecule has 6 heteroatoms. The molecule has 106 valence electrons. The highest BCUT2D eigenvalue weighted by Crippen LogP contribution is 2.25. The summed E-state index contributed by atoms with van der Waals surface area (Å²) in [4.78, 5) is 0.396. The molecular weight excluding hydrogens is 260 g/mol. The van der Waals surface area contributed by atoms with Crippen LogP contribution >= 0.6 is 12.2 Å². The normalized spacial score (nSPS) is 18.3. The second kappa shape index (κ2) is 5.88. The van der Waals surface area contributed by atoms with Crippen LogP contribution in [0.1, 0.15) is 31.0 Å². The number of anilines is 1. The molecule has 0 bridgehead atoms. The maximum Gasteiger partial charge on any atom is 0.134 e. The summed E-state index contributed by atoms with van der Waals surface area (Å²) in [5.41, 5.74) is 7.53. The van der Waals surface area contributed by atoms with E-state index in [0.29, 0.717) is 16.9 Å². The quantitative estimate of drug-likeness (QED) is 0.821.